The monoisotopic (exact) mass is 467 g/mol. The number of benzene rings is 1. The van der Waals surface area contributed by atoms with E-state index < -0.39 is 23.9 Å². The number of alkyl halides is 3. The summed E-state index contributed by atoms with van der Waals surface area (Å²) in [5.41, 5.74) is 0.0246. The molecule has 1 aromatic carbocycles. The summed E-state index contributed by atoms with van der Waals surface area (Å²) in [6, 6.07) is 5.42. The van der Waals surface area contributed by atoms with Crippen molar-refractivity contribution in [2.75, 3.05) is 7.05 Å². The maximum Gasteiger partial charge on any atom is 0.416 e. The largest absolute Gasteiger partial charge is 0.416 e. The van der Waals surface area contributed by atoms with Crippen molar-refractivity contribution in [1.82, 2.24) is 5.32 Å². The lowest BCUT2D eigenvalue weighted by atomic mass is 9.88. The van der Waals surface area contributed by atoms with Gasteiger partial charge in [-0.2, -0.15) is 13.2 Å². The summed E-state index contributed by atoms with van der Waals surface area (Å²) >= 11 is 0. The lowest BCUT2D eigenvalue weighted by Gasteiger charge is -2.20. The molecule has 1 amide bonds. The molecule has 184 valence electrons. The minimum atomic E-state index is -4.34. The number of carbonyl (C=O) groups excluding carboxylic acids is 1. The number of aryl methyl sites for hydroxylation is 1. The Labute approximate surface area is 194 Å². The summed E-state index contributed by atoms with van der Waals surface area (Å²) in [4.78, 5) is 11.2. The van der Waals surface area contributed by atoms with Crippen molar-refractivity contribution >= 4 is 5.91 Å². The lowest BCUT2D eigenvalue weighted by Crippen LogP contribution is -2.20. The molecule has 2 rings (SSSR count). The van der Waals surface area contributed by atoms with Gasteiger partial charge in [0.15, 0.2) is 0 Å². The molecule has 3 N–H and O–H groups in total. The normalized spacial score (nSPS) is 24.6. The summed E-state index contributed by atoms with van der Waals surface area (Å²) in [5.74, 6) is -0.0934. The predicted octanol–water partition coefficient (Wildman–Crippen LogP) is 5.05. The Morgan fingerprint density at radius 1 is 1.24 bits per heavy atom. The average Bonchev–Trinajstić information content (AvgIpc) is 3.04. The SMILES string of the molecule is CNC(=O)CCCC=CC[C@@H]1[C@@H](C=C[C@@H](C)CCc2cccc(C(F)(F)F)c2)[C@H](O)C[C@@H]1O. The van der Waals surface area contributed by atoms with Crippen LogP contribution in [0.1, 0.15) is 56.6 Å². The fourth-order valence-corrected chi connectivity index (χ4v) is 4.29. The van der Waals surface area contributed by atoms with Gasteiger partial charge in [-0.25, -0.2) is 0 Å². The Morgan fingerprint density at radius 2 is 2.00 bits per heavy atom. The smallest absolute Gasteiger partial charge is 0.393 e. The average molecular weight is 468 g/mol. The van der Waals surface area contributed by atoms with Crippen LogP contribution >= 0.6 is 0 Å². The van der Waals surface area contributed by atoms with Crippen LogP contribution in [0.3, 0.4) is 0 Å². The maximum atomic E-state index is 12.9. The van der Waals surface area contributed by atoms with Crippen LogP contribution in [-0.4, -0.2) is 35.4 Å². The maximum absolute atomic E-state index is 12.9. The Morgan fingerprint density at radius 3 is 2.70 bits per heavy atom. The van der Waals surface area contributed by atoms with Gasteiger partial charge in [0.1, 0.15) is 0 Å². The Hall–Kier alpha value is -2.12. The lowest BCUT2D eigenvalue weighted by molar-refractivity contribution is -0.137. The highest BCUT2D eigenvalue weighted by atomic mass is 19.4. The van der Waals surface area contributed by atoms with Gasteiger partial charge in [0.2, 0.25) is 5.91 Å². The third-order valence-corrected chi connectivity index (χ3v) is 6.35. The number of amides is 1. The molecule has 1 fully saturated rings. The summed E-state index contributed by atoms with van der Waals surface area (Å²) in [6.45, 7) is 2.00. The van der Waals surface area contributed by atoms with Crippen LogP contribution in [0.15, 0.2) is 48.6 Å². The molecule has 1 aromatic rings. The van der Waals surface area contributed by atoms with Crippen molar-refractivity contribution in [2.45, 2.75) is 70.3 Å². The summed E-state index contributed by atoms with van der Waals surface area (Å²) < 4.78 is 38.7. The van der Waals surface area contributed by atoms with E-state index in [1.54, 1.807) is 13.1 Å². The van der Waals surface area contributed by atoms with E-state index in [4.69, 9.17) is 0 Å². The zero-order valence-electron chi connectivity index (χ0n) is 19.4. The Bertz CT molecular complexity index is 806. The molecule has 4 nitrogen and oxygen atoms in total. The number of aliphatic hydroxyl groups is 2. The molecule has 0 aromatic heterocycles. The van der Waals surface area contributed by atoms with Crippen molar-refractivity contribution in [3.05, 3.63) is 59.7 Å². The summed E-state index contributed by atoms with van der Waals surface area (Å²) in [5, 5.41) is 23.4. The molecule has 0 radical (unpaired) electrons. The first-order valence-electron chi connectivity index (χ1n) is 11.7. The van der Waals surface area contributed by atoms with E-state index in [-0.39, 0.29) is 23.7 Å². The number of hydrogen-bond donors (Lipinski definition) is 3. The van der Waals surface area contributed by atoms with Gasteiger partial charge in [0.25, 0.3) is 0 Å². The first-order chi connectivity index (χ1) is 15.6. The van der Waals surface area contributed by atoms with Gasteiger partial charge in [0.05, 0.1) is 17.8 Å². The van der Waals surface area contributed by atoms with Crippen LogP contribution in [-0.2, 0) is 17.4 Å². The van der Waals surface area contributed by atoms with Crippen LogP contribution in [0.2, 0.25) is 0 Å². The standard InChI is InChI=1S/C26H36F3NO3/c1-18(12-14-19-8-7-9-20(16-19)26(27,28)29)13-15-22-21(23(31)17-24(22)32)10-5-3-4-6-11-25(33)30-2/h3,5,7-9,13,15-16,18,21-24,31-32H,4,6,10-12,14,17H2,1-2H3,(H,30,33)/t18-,21+,22+,23-,24+/m0/s1. The van der Waals surface area contributed by atoms with Crippen molar-refractivity contribution in [3.8, 4) is 0 Å². The van der Waals surface area contributed by atoms with Gasteiger partial charge in [0, 0.05) is 25.8 Å². The van der Waals surface area contributed by atoms with Crippen LogP contribution < -0.4 is 5.32 Å². The number of unbranched alkanes of at least 4 members (excludes halogenated alkanes) is 1. The van der Waals surface area contributed by atoms with Gasteiger partial charge in [-0.3, -0.25) is 4.79 Å². The fraction of sp³-hybridized carbons (Fsp3) is 0.577. The van der Waals surface area contributed by atoms with Crippen LogP contribution in [0.25, 0.3) is 0 Å². The number of nitrogens with one attached hydrogen (secondary N) is 1. The number of allylic oxidation sites excluding steroid dienone is 3. The molecule has 1 aliphatic rings. The van der Waals surface area contributed by atoms with Crippen LogP contribution in [0.5, 0.6) is 0 Å². The fourth-order valence-electron chi connectivity index (χ4n) is 4.29. The quantitative estimate of drug-likeness (QED) is 0.315. The molecule has 0 bridgehead atoms. The molecule has 0 spiro atoms. The van der Waals surface area contributed by atoms with E-state index in [1.165, 1.54) is 12.1 Å². The number of aliphatic hydroxyl groups excluding tert-OH is 2. The second-order valence-electron chi connectivity index (χ2n) is 8.98. The van der Waals surface area contributed by atoms with Gasteiger partial charge in [-0.15, -0.1) is 0 Å². The van der Waals surface area contributed by atoms with E-state index in [0.29, 0.717) is 37.7 Å². The van der Waals surface area contributed by atoms with Crippen LogP contribution in [0.4, 0.5) is 13.2 Å². The van der Waals surface area contributed by atoms with Crippen molar-refractivity contribution in [2.24, 2.45) is 17.8 Å². The summed E-state index contributed by atoms with van der Waals surface area (Å²) in [7, 11) is 1.62. The van der Waals surface area contributed by atoms with Gasteiger partial charge in [-0.1, -0.05) is 49.4 Å². The molecule has 7 heteroatoms. The van der Waals surface area contributed by atoms with E-state index in [0.717, 1.165) is 18.9 Å². The summed E-state index contributed by atoms with van der Waals surface area (Å²) in [6.07, 6.45) is 6.69. The van der Waals surface area contributed by atoms with Gasteiger partial charge >= 0.3 is 6.18 Å². The van der Waals surface area contributed by atoms with E-state index in [2.05, 4.69) is 5.32 Å². The highest BCUT2D eigenvalue weighted by Gasteiger charge is 2.39. The molecule has 1 aliphatic carbocycles. The molecule has 0 saturated heterocycles. The zero-order chi connectivity index (χ0) is 24.4. The third kappa shape index (κ3) is 8.97. The van der Waals surface area contributed by atoms with E-state index in [9.17, 15) is 28.2 Å². The molecular weight excluding hydrogens is 431 g/mol. The van der Waals surface area contributed by atoms with Crippen molar-refractivity contribution < 1.29 is 28.2 Å². The highest BCUT2D eigenvalue weighted by molar-refractivity contribution is 5.75. The molecule has 0 aliphatic heterocycles. The zero-order valence-corrected chi connectivity index (χ0v) is 19.4. The number of rotatable bonds is 11. The van der Waals surface area contributed by atoms with E-state index in [1.807, 2.05) is 31.2 Å². The minimum absolute atomic E-state index is 0.0186. The predicted molar refractivity (Wildman–Crippen MR) is 123 cm³/mol. The second kappa shape index (κ2) is 12.9. The number of halogens is 3. The Kier molecular flexibility index (Phi) is 10.6. The molecular formula is C26H36F3NO3. The molecule has 5 atom stereocenters. The second-order valence-corrected chi connectivity index (χ2v) is 8.98. The van der Waals surface area contributed by atoms with Gasteiger partial charge in [-0.05, 0) is 55.6 Å². The Balaban J connectivity index is 1.86. The minimum Gasteiger partial charge on any atom is -0.393 e. The highest BCUT2D eigenvalue weighted by Crippen LogP contribution is 2.36. The molecule has 33 heavy (non-hydrogen) atoms. The van der Waals surface area contributed by atoms with Crippen LogP contribution in [0, 0.1) is 17.8 Å². The first-order valence-corrected chi connectivity index (χ1v) is 11.7. The molecule has 0 unspecified atom stereocenters. The van der Waals surface area contributed by atoms with Crippen molar-refractivity contribution in [1.29, 1.82) is 0 Å². The molecule has 0 heterocycles. The third-order valence-electron chi connectivity index (χ3n) is 6.35. The first kappa shape index (κ1) is 27.1. The topological polar surface area (TPSA) is 69.6 Å². The van der Waals surface area contributed by atoms with E-state index >= 15 is 0 Å². The number of carbonyl (C=O) groups is 1. The van der Waals surface area contributed by atoms with Crippen molar-refractivity contribution in [3.63, 3.8) is 0 Å². The van der Waals surface area contributed by atoms with Gasteiger partial charge < -0.3 is 15.5 Å². The number of hydrogen-bond acceptors (Lipinski definition) is 3. The molecule has 1 saturated carbocycles.